The molecule has 0 N–H and O–H groups in total. The van der Waals surface area contributed by atoms with Gasteiger partial charge in [-0.15, -0.1) is 0 Å². The molecule has 0 aliphatic carbocycles. The highest BCUT2D eigenvalue weighted by Crippen LogP contribution is 2.14. The van der Waals surface area contributed by atoms with E-state index < -0.39 is 20.5 Å². The molecule has 84 valence electrons. The lowest BCUT2D eigenvalue weighted by Crippen LogP contribution is -2.42. The smallest absolute Gasteiger partial charge is 0.462 e. The molecule has 0 rings (SSSR count). The molecule has 7 heteroatoms. The number of hydrogen-bond acceptors (Lipinski definition) is 6. The van der Waals surface area contributed by atoms with Crippen LogP contribution in [0.1, 0.15) is 13.8 Å². The zero-order chi connectivity index (χ0) is 11.9. The summed E-state index contributed by atoms with van der Waals surface area (Å²) in [5.74, 6) is -1.03. The quantitative estimate of drug-likeness (QED) is 0.391. The van der Waals surface area contributed by atoms with Crippen molar-refractivity contribution < 1.29 is 23.2 Å². The first kappa shape index (κ1) is 13.5. The van der Waals surface area contributed by atoms with Crippen LogP contribution in [-0.4, -0.2) is 33.1 Å². The first-order chi connectivity index (χ1) is 6.89. The van der Waals surface area contributed by atoms with Crippen molar-refractivity contribution in [2.24, 2.45) is 4.99 Å². The number of isocyanates is 1. The van der Waals surface area contributed by atoms with Crippen molar-refractivity contribution in [1.29, 1.82) is 0 Å². The summed E-state index contributed by atoms with van der Waals surface area (Å²) in [6.45, 7) is 4.17. The van der Waals surface area contributed by atoms with Gasteiger partial charge in [0.15, 0.2) is 0 Å². The van der Waals surface area contributed by atoms with Gasteiger partial charge in [-0.1, -0.05) is 0 Å². The summed E-state index contributed by atoms with van der Waals surface area (Å²) in [4.78, 5) is 34.7. The molecule has 0 unspecified atom stereocenters. The molecular formula is C8H13NO5Si. The maximum atomic E-state index is 10.8. The molecule has 0 aromatic heterocycles. The highest BCUT2D eigenvalue weighted by molar-refractivity contribution is 6.69. The van der Waals surface area contributed by atoms with E-state index in [9.17, 15) is 14.4 Å². The molecule has 0 bridgehead atoms. The zero-order valence-electron chi connectivity index (χ0n) is 8.90. The molecule has 0 heterocycles. The van der Waals surface area contributed by atoms with Crippen molar-refractivity contribution in [3.8, 4) is 0 Å². The summed E-state index contributed by atoms with van der Waals surface area (Å²) in [5.41, 5.74) is 0. The fourth-order valence-corrected chi connectivity index (χ4v) is 3.02. The Morgan fingerprint density at radius 2 is 1.73 bits per heavy atom. The maximum absolute atomic E-state index is 10.8. The average molecular weight is 231 g/mol. The average Bonchev–Trinajstić information content (AvgIpc) is 2.00. The lowest BCUT2D eigenvalue weighted by molar-refractivity contribution is -0.138. The Bertz CT molecular complexity index is 281. The van der Waals surface area contributed by atoms with Gasteiger partial charge in [-0.2, -0.15) is 0 Å². The summed E-state index contributed by atoms with van der Waals surface area (Å²) in [5, 5.41) is 0. The van der Waals surface area contributed by atoms with E-state index in [4.69, 9.17) is 8.85 Å². The van der Waals surface area contributed by atoms with Crippen molar-refractivity contribution in [2.75, 3.05) is 6.54 Å². The summed E-state index contributed by atoms with van der Waals surface area (Å²) < 4.78 is 9.92. The van der Waals surface area contributed by atoms with Crippen molar-refractivity contribution >= 4 is 26.6 Å². The van der Waals surface area contributed by atoms with Crippen LogP contribution in [0.4, 0.5) is 0 Å². The van der Waals surface area contributed by atoms with Crippen LogP contribution < -0.4 is 0 Å². The van der Waals surface area contributed by atoms with E-state index in [-0.39, 0.29) is 12.6 Å². The Balaban J connectivity index is 4.45. The highest BCUT2D eigenvalue weighted by Gasteiger charge is 2.37. The van der Waals surface area contributed by atoms with Crippen LogP contribution in [0.25, 0.3) is 0 Å². The van der Waals surface area contributed by atoms with Gasteiger partial charge in [0.25, 0.3) is 11.9 Å². The minimum atomic E-state index is -2.88. The van der Waals surface area contributed by atoms with Crippen molar-refractivity contribution in [3.05, 3.63) is 0 Å². The predicted molar refractivity (Wildman–Crippen MR) is 52.9 cm³/mol. The number of carbonyl (C=O) groups excluding carboxylic acids is 3. The third-order valence-corrected chi connectivity index (χ3v) is 4.03. The molecule has 0 aromatic carbocycles. The van der Waals surface area contributed by atoms with E-state index in [0.29, 0.717) is 0 Å². The monoisotopic (exact) mass is 231 g/mol. The summed E-state index contributed by atoms with van der Waals surface area (Å²) >= 11 is 0. The van der Waals surface area contributed by atoms with Gasteiger partial charge in [0.1, 0.15) is 0 Å². The highest BCUT2D eigenvalue weighted by atomic mass is 28.4. The standard InChI is InChI=1S/C8H13NO5Si/c1-7(11)13-15(3,14-8(2)12)5-4-9-6-10/h4-5H2,1-3H3. The van der Waals surface area contributed by atoms with E-state index in [0.717, 1.165) is 0 Å². The number of nitrogens with zero attached hydrogens (tertiary/aromatic N) is 1. The lowest BCUT2D eigenvalue weighted by Gasteiger charge is -2.23. The lowest BCUT2D eigenvalue weighted by atomic mass is 10.8. The second kappa shape index (κ2) is 6.10. The molecule has 0 saturated heterocycles. The number of aliphatic imine (C=N–C) groups is 1. The number of carbonyl (C=O) groups is 2. The van der Waals surface area contributed by atoms with Gasteiger partial charge in [0, 0.05) is 26.4 Å². The molecule has 0 amide bonds. The molecule has 6 nitrogen and oxygen atoms in total. The number of rotatable bonds is 5. The van der Waals surface area contributed by atoms with Crippen LogP contribution in [-0.2, 0) is 23.2 Å². The summed E-state index contributed by atoms with van der Waals surface area (Å²) in [6, 6.07) is 0.251. The maximum Gasteiger partial charge on any atom is 0.462 e. The Morgan fingerprint density at radius 3 is 2.07 bits per heavy atom. The van der Waals surface area contributed by atoms with Crippen LogP contribution in [0.2, 0.25) is 12.6 Å². The van der Waals surface area contributed by atoms with Gasteiger partial charge in [0.05, 0.1) is 6.54 Å². The molecule has 0 radical (unpaired) electrons. The Kier molecular flexibility index (Phi) is 5.51. The van der Waals surface area contributed by atoms with Crippen molar-refractivity contribution in [1.82, 2.24) is 0 Å². The third-order valence-electron chi connectivity index (χ3n) is 1.46. The molecule has 0 saturated carbocycles. The fraction of sp³-hybridized carbons (Fsp3) is 0.625. The molecule has 0 fully saturated rings. The van der Waals surface area contributed by atoms with Gasteiger partial charge in [-0.3, -0.25) is 9.59 Å². The molecule has 0 aromatic rings. The molecular weight excluding hydrogens is 218 g/mol. The third kappa shape index (κ3) is 6.59. The van der Waals surface area contributed by atoms with Crippen LogP contribution in [0.15, 0.2) is 4.99 Å². The van der Waals surface area contributed by atoms with Gasteiger partial charge in [-0.05, 0) is 0 Å². The second-order valence-corrected chi connectivity index (χ2v) is 6.22. The van der Waals surface area contributed by atoms with E-state index in [1.165, 1.54) is 19.9 Å². The van der Waals surface area contributed by atoms with E-state index in [1.807, 2.05) is 0 Å². The van der Waals surface area contributed by atoms with Gasteiger partial charge in [0.2, 0.25) is 6.08 Å². The van der Waals surface area contributed by atoms with Crippen molar-refractivity contribution in [2.45, 2.75) is 26.4 Å². The Hall–Kier alpha value is -1.46. The van der Waals surface area contributed by atoms with E-state index in [1.54, 1.807) is 6.55 Å². The van der Waals surface area contributed by atoms with Gasteiger partial charge < -0.3 is 8.85 Å². The summed E-state index contributed by atoms with van der Waals surface area (Å²) in [7, 11) is -2.88. The Morgan fingerprint density at radius 1 is 1.27 bits per heavy atom. The zero-order valence-corrected chi connectivity index (χ0v) is 9.90. The fourth-order valence-electron chi connectivity index (χ4n) is 1.04. The molecule has 0 aliphatic rings. The minimum absolute atomic E-state index is 0.132. The molecule has 15 heavy (non-hydrogen) atoms. The van der Waals surface area contributed by atoms with Gasteiger partial charge in [-0.25, -0.2) is 9.79 Å². The van der Waals surface area contributed by atoms with E-state index >= 15 is 0 Å². The number of hydrogen-bond donors (Lipinski definition) is 0. The van der Waals surface area contributed by atoms with E-state index in [2.05, 4.69) is 4.99 Å². The molecule has 0 spiro atoms. The SMILES string of the molecule is CC(=O)O[Si](C)(CCN=C=O)OC(C)=O. The van der Waals surface area contributed by atoms with Crippen LogP contribution in [0, 0.1) is 0 Å². The Labute approximate surface area is 88.5 Å². The second-order valence-electron chi connectivity index (χ2n) is 3.04. The van der Waals surface area contributed by atoms with Gasteiger partial charge >= 0.3 is 8.56 Å². The predicted octanol–water partition coefficient (Wildman–Crippen LogP) is 0.520. The molecule has 0 atom stereocenters. The normalized spacial score (nSPS) is 10.1. The largest absolute Gasteiger partial charge is 0.485 e. The van der Waals surface area contributed by atoms with Crippen LogP contribution in [0.3, 0.4) is 0 Å². The molecule has 0 aliphatic heterocycles. The topological polar surface area (TPSA) is 82.0 Å². The first-order valence-corrected chi connectivity index (χ1v) is 6.85. The van der Waals surface area contributed by atoms with Crippen LogP contribution >= 0.6 is 0 Å². The van der Waals surface area contributed by atoms with Crippen molar-refractivity contribution in [3.63, 3.8) is 0 Å². The minimum Gasteiger partial charge on any atom is -0.485 e. The summed E-state index contributed by atoms with van der Waals surface area (Å²) in [6.07, 6.45) is 1.36. The first-order valence-electron chi connectivity index (χ1n) is 4.32. The van der Waals surface area contributed by atoms with Crippen LogP contribution in [0.5, 0.6) is 0 Å².